The number of aliphatic imine (C=N–C) groups is 1. The molecule has 1 aliphatic rings. The second-order valence-corrected chi connectivity index (χ2v) is 7.85. The average Bonchev–Trinajstić information content (AvgIpc) is 2.78. The normalized spacial score (nSPS) is 15.0. The summed E-state index contributed by atoms with van der Waals surface area (Å²) in [4.78, 5) is 11.7. The van der Waals surface area contributed by atoms with E-state index in [0.717, 1.165) is 30.8 Å². The molecule has 0 saturated heterocycles. The largest absolute Gasteiger partial charge is 0.357 e. The first-order valence-corrected chi connectivity index (χ1v) is 11.0. The molecular formula is C24H36IN5. The second kappa shape index (κ2) is 13.6. The number of nitrogens with one attached hydrogen (secondary N) is 2. The number of benzene rings is 1. The number of pyridine rings is 1. The van der Waals surface area contributed by atoms with E-state index < -0.39 is 0 Å². The van der Waals surface area contributed by atoms with Crippen LogP contribution in [0.5, 0.6) is 0 Å². The van der Waals surface area contributed by atoms with Crippen molar-refractivity contribution in [3.63, 3.8) is 0 Å². The van der Waals surface area contributed by atoms with Gasteiger partial charge in [-0.05, 0) is 50.1 Å². The van der Waals surface area contributed by atoms with Crippen LogP contribution in [0.3, 0.4) is 0 Å². The zero-order valence-electron chi connectivity index (χ0n) is 18.3. The fourth-order valence-electron chi connectivity index (χ4n) is 3.97. The fourth-order valence-corrected chi connectivity index (χ4v) is 3.97. The standard InChI is InChI=1S/C24H35N5.HI/c1-3-25-24(28-18-22-13-9-10-16-26-22)27-17-20-11-7-8-12-21(20)19-29(2)23-14-5-4-6-15-23;/h7-13,16,23H,3-6,14-15,17-19H2,1-2H3,(H2,25,27,28);1H. The van der Waals surface area contributed by atoms with Crippen molar-refractivity contribution in [3.05, 3.63) is 65.5 Å². The molecule has 0 bridgehead atoms. The second-order valence-electron chi connectivity index (χ2n) is 7.85. The van der Waals surface area contributed by atoms with E-state index in [-0.39, 0.29) is 24.0 Å². The lowest BCUT2D eigenvalue weighted by atomic mass is 9.94. The molecule has 1 fully saturated rings. The number of rotatable bonds is 8. The van der Waals surface area contributed by atoms with Crippen LogP contribution in [0.1, 0.15) is 55.8 Å². The van der Waals surface area contributed by atoms with E-state index >= 15 is 0 Å². The minimum Gasteiger partial charge on any atom is -0.357 e. The number of halogens is 1. The van der Waals surface area contributed by atoms with Gasteiger partial charge in [0.1, 0.15) is 0 Å². The molecule has 2 aromatic rings. The van der Waals surface area contributed by atoms with Crippen LogP contribution in [0.4, 0.5) is 0 Å². The highest BCUT2D eigenvalue weighted by atomic mass is 127. The highest BCUT2D eigenvalue weighted by Gasteiger charge is 2.18. The first-order valence-electron chi connectivity index (χ1n) is 11.0. The summed E-state index contributed by atoms with van der Waals surface area (Å²) in [7, 11) is 2.27. The molecule has 30 heavy (non-hydrogen) atoms. The molecule has 164 valence electrons. The molecular weight excluding hydrogens is 485 g/mol. The van der Waals surface area contributed by atoms with Gasteiger partial charge >= 0.3 is 0 Å². The van der Waals surface area contributed by atoms with Gasteiger partial charge in [0, 0.05) is 25.3 Å². The van der Waals surface area contributed by atoms with Crippen molar-refractivity contribution in [3.8, 4) is 0 Å². The Kier molecular flexibility index (Phi) is 11.1. The van der Waals surface area contributed by atoms with Gasteiger partial charge in [0.2, 0.25) is 0 Å². The lowest BCUT2D eigenvalue weighted by Gasteiger charge is -2.31. The molecule has 1 heterocycles. The maximum absolute atomic E-state index is 4.83. The van der Waals surface area contributed by atoms with Crippen LogP contribution in [-0.2, 0) is 19.6 Å². The van der Waals surface area contributed by atoms with Crippen LogP contribution >= 0.6 is 24.0 Å². The molecule has 0 unspecified atom stereocenters. The molecule has 6 heteroatoms. The van der Waals surface area contributed by atoms with Gasteiger partial charge in [-0.15, -0.1) is 24.0 Å². The summed E-state index contributed by atoms with van der Waals surface area (Å²) >= 11 is 0. The lowest BCUT2D eigenvalue weighted by molar-refractivity contribution is 0.184. The van der Waals surface area contributed by atoms with E-state index in [9.17, 15) is 0 Å². The minimum atomic E-state index is 0. The van der Waals surface area contributed by atoms with Gasteiger partial charge in [-0.1, -0.05) is 49.6 Å². The van der Waals surface area contributed by atoms with Crippen molar-refractivity contribution in [1.82, 2.24) is 20.5 Å². The van der Waals surface area contributed by atoms with Gasteiger partial charge in [0.25, 0.3) is 0 Å². The summed E-state index contributed by atoms with van der Waals surface area (Å²) in [6.07, 6.45) is 8.62. The maximum Gasteiger partial charge on any atom is 0.191 e. The molecule has 1 aromatic heterocycles. The van der Waals surface area contributed by atoms with Gasteiger partial charge in [-0.3, -0.25) is 9.88 Å². The predicted octanol–water partition coefficient (Wildman–Crippen LogP) is 4.72. The molecule has 2 N–H and O–H groups in total. The van der Waals surface area contributed by atoms with Crippen LogP contribution in [0.2, 0.25) is 0 Å². The summed E-state index contributed by atoms with van der Waals surface area (Å²) < 4.78 is 0. The van der Waals surface area contributed by atoms with E-state index in [1.54, 1.807) is 0 Å². The topological polar surface area (TPSA) is 52.6 Å². The predicted molar refractivity (Wildman–Crippen MR) is 136 cm³/mol. The summed E-state index contributed by atoms with van der Waals surface area (Å²) in [5.74, 6) is 0.827. The van der Waals surface area contributed by atoms with Crippen molar-refractivity contribution in [2.75, 3.05) is 13.6 Å². The Hall–Kier alpha value is -1.67. The van der Waals surface area contributed by atoms with E-state index in [4.69, 9.17) is 4.99 Å². The Morgan fingerprint density at radius 1 is 1.03 bits per heavy atom. The SMILES string of the molecule is CCNC(=NCc1ccccc1CN(C)C1CCCCC1)NCc1ccccn1.I. The molecule has 5 nitrogen and oxygen atoms in total. The summed E-state index contributed by atoms with van der Waals surface area (Å²) in [5, 5.41) is 6.72. The number of guanidine groups is 1. The lowest BCUT2D eigenvalue weighted by Crippen LogP contribution is -2.37. The quantitative estimate of drug-likeness (QED) is 0.300. The van der Waals surface area contributed by atoms with Crippen molar-refractivity contribution in [2.24, 2.45) is 4.99 Å². The van der Waals surface area contributed by atoms with Crippen LogP contribution in [0.25, 0.3) is 0 Å². The van der Waals surface area contributed by atoms with Crippen LogP contribution in [-0.4, -0.2) is 35.5 Å². The van der Waals surface area contributed by atoms with E-state index in [1.807, 2.05) is 24.4 Å². The van der Waals surface area contributed by atoms with Crippen molar-refractivity contribution >= 4 is 29.9 Å². The zero-order chi connectivity index (χ0) is 20.3. The molecule has 0 aliphatic heterocycles. The van der Waals surface area contributed by atoms with E-state index in [1.165, 1.54) is 43.2 Å². The average molecular weight is 521 g/mol. The Morgan fingerprint density at radius 3 is 2.47 bits per heavy atom. The maximum atomic E-state index is 4.83. The monoisotopic (exact) mass is 521 g/mol. The number of hydrogen-bond acceptors (Lipinski definition) is 3. The third-order valence-corrected chi connectivity index (χ3v) is 5.65. The molecule has 3 rings (SSSR count). The van der Waals surface area contributed by atoms with E-state index in [0.29, 0.717) is 13.1 Å². The van der Waals surface area contributed by atoms with Gasteiger partial charge in [-0.25, -0.2) is 4.99 Å². The first kappa shape index (κ1) is 24.6. The van der Waals surface area contributed by atoms with Gasteiger partial charge in [0.05, 0.1) is 18.8 Å². The Labute approximate surface area is 198 Å². The van der Waals surface area contributed by atoms with Gasteiger partial charge in [-0.2, -0.15) is 0 Å². The minimum absolute atomic E-state index is 0. The first-order chi connectivity index (χ1) is 14.3. The van der Waals surface area contributed by atoms with Crippen molar-refractivity contribution in [2.45, 2.75) is 64.7 Å². The Bertz CT molecular complexity index is 759. The molecule has 0 radical (unpaired) electrons. The fraction of sp³-hybridized carbons (Fsp3) is 0.500. The third-order valence-electron chi connectivity index (χ3n) is 5.65. The molecule has 1 saturated carbocycles. The van der Waals surface area contributed by atoms with Gasteiger partial charge in [0.15, 0.2) is 5.96 Å². The van der Waals surface area contributed by atoms with Crippen LogP contribution in [0.15, 0.2) is 53.7 Å². The highest BCUT2D eigenvalue weighted by Crippen LogP contribution is 2.23. The van der Waals surface area contributed by atoms with Crippen molar-refractivity contribution in [1.29, 1.82) is 0 Å². The summed E-state index contributed by atoms with van der Waals surface area (Å²) in [6.45, 7) is 5.25. The number of aromatic nitrogens is 1. The van der Waals surface area contributed by atoms with Crippen LogP contribution < -0.4 is 10.6 Å². The smallest absolute Gasteiger partial charge is 0.191 e. The Morgan fingerprint density at radius 2 is 1.77 bits per heavy atom. The molecule has 1 aromatic carbocycles. The van der Waals surface area contributed by atoms with Gasteiger partial charge < -0.3 is 10.6 Å². The third kappa shape index (κ3) is 7.87. The summed E-state index contributed by atoms with van der Waals surface area (Å²) in [5.41, 5.74) is 3.68. The summed E-state index contributed by atoms with van der Waals surface area (Å²) in [6, 6.07) is 15.4. The number of nitrogens with zero attached hydrogens (tertiary/aromatic N) is 3. The zero-order valence-corrected chi connectivity index (χ0v) is 20.6. The Balaban J connectivity index is 0.00000320. The molecule has 0 amide bonds. The highest BCUT2D eigenvalue weighted by molar-refractivity contribution is 14.0. The molecule has 0 spiro atoms. The molecule has 1 aliphatic carbocycles. The number of hydrogen-bond donors (Lipinski definition) is 2. The van der Waals surface area contributed by atoms with Crippen LogP contribution in [0, 0.1) is 0 Å². The molecule has 0 atom stereocenters. The van der Waals surface area contributed by atoms with Crippen molar-refractivity contribution < 1.29 is 0 Å². The van der Waals surface area contributed by atoms with E-state index in [2.05, 4.69) is 58.8 Å².